The van der Waals surface area contributed by atoms with Gasteiger partial charge in [0.2, 0.25) is 0 Å². The van der Waals surface area contributed by atoms with Crippen molar-refractivity contribution in [3.8, 4) is 0 Å². The molecule has 0 rings (SSSR count). The molecule has 4 heteroatoms. The third-order valence-electron chi connectivity index (χ3n) is 0. The topological polar surface area (TPSA) is 0 Å². The van der Waals surface area contributed by atoms with Gasteiger partial charge in [-0.25, -0.2) is 0 Å². The SMILES string of the molecule is C[11C](F)(F)F.[Cu]. The number of hydrogen-bond acceptors (Lipinski definition) is 0. The van der Waals surface area contributed by atoms with E-state index in [4.69, 9.17) is 0 Å². The Morgan fingerprint density at radius 3 is 1.17 bits per heavy atom. The number of rotatable bonds is 0. The van der Waals surface area contributed by atoms with Gasteiger partial charge < -0.3 is 0 Å². The fraction of sp³-hybridized carbons (Fsp3) is 1.00. The first-order valence-corrected chi connectivity index (χ1v) is 1.07. The molecule has 0 aliphatic rings. The Morgan fingerprint density at radius 2 is 1.17 bits per heavy atom. The molecule has 0 saturated carbocycles. The summed E-state index contributed by atoms with van der Waals surface area (Å²) in [6.07, 6.45) is -4.00. The Labute approximate surface area is 44.2 Å². The second-order valence-corrected chi connectivity index (χ2v) is 0.781. The minimum atomic E-state index is -4.00. The van der Waals surface area contributed by atoms with Crippen LogP contribution in [0.2, 0.25) is 0 Å². The van der Waals surface area contributed by atoms with Crippen LogP contribution >= 0.6 is 0 Å². The monoisotopic (exact) mass is 146 g/mol. The van der Waals surface area contributed by atoms with E-state index in [-0.39, 0.29) is 24.0 Å². The molecule has 1 radical (unpaired) electrons. The molecule has 6 heavy (non-hydrogen) atoms. The Hall–Kier alpha value is 0.309. The van der Waals surface area contributed by atoms with Crippen LogP contribution in [0.1, 0.15) is 6.92 Å². The number of halogens is 3. The zero-order valence-corrected chi connectivity index (χ0v) is 3.88. The smallest absolute Gasteiger partial charge is 0.172 e. The van der Waals surface area contributed by atoms with Crippen molar-refractivity contribution < 1.29 is 30.2 Å². The van der Waals surface area contributed by atoms with E-state index in [0.29, 0.717) is 0 Å². The van der Waals surface area contributed by atoms with Crippen LogP contribution in [0.4, 0.5) is 13.2 Å². The Balaban J connectivity index is 0. The maximum absolute atomic E-state index is 10.4. The molecule has 0 unspecified atom stereocenters. The molecule has 0 nitrogen and oxygen atoms in total. The largest absolute Gasteiger partial charge is 0.386 e. The van der Waals surface area contributed by atoms with E-state index in [1.54, 1.807) is 0 Å². The van der Waals surface area contributed by atoms with E-state index in [9.17, 15) is 13.2 Å². The summed E-state index contributed by atoms with van der Waals surface area (Å²) in [5.41, 5.74) is 0. The third kappa shape index (κ3) is 493. The molecule has 0 bridgehead atoms. The van der Waals surface area contributed by atoms with Crippen LogP contribution in [-0.4, -0.2) is 6.18 Å². The molecule has 0 aromatic rings. The summed E-state index contributed by atoms with van der Waals surface area (Å²) >= 11 is 0. The van der Waals surface area contributed by atoms with Gasteiger partial charge in [-0.3, -0.25) is 0 Å². The van der Waals surface area contributed by atoms with Gasteiger partial charge in [-0.1, -0.05) is 0 Å². The molecule has 0 aliphatic heterocycles. The first-order chi connectivity index (χ1) is 2.00. The van der Waals surface area contributed by atoms with Crippen LogP contribution < -0.4 is 0 Å². The molecule has 43 valence electrons. The zero-order chi connectivity index (χ0) is 4.50. The van der Waals surface area contributed by atoms with Gasteiger partial charge in [0.05, 0.1) is 0 Å². The van der Waals surface area contributed by atoms with Crippen LogP contribution in [0.15, 0.2) is 0 Å². The van der Waals surface area contributed by atoms with Gasteiger partial charge in [-0.15, -0.1) is 0 Å². The van der Waals surface area contributed by atoms with Crippen molar-refractivity contribution in [3.05, 3.63) is 0 Å². The van der Waals surface area contributed by atoms with E-state index < -0.39 is 6.18 Å². The minimum Gasteiger partial charge on any atom is -0.172 e. The minimum absolute atomic E-state index is 0. The molecule has 0 N–H and O–H groups in total. The quantitative estimate of drug-likeness (QED) is 0.455. The predicted molar refractivity (Wildman–Crippen MR) is 11.7 cm³/mol. The summed E-state index contributed by atoms with van der Waals surface area (Å²) in [6.45, 7) is 0.188. The van der Waals surface area contributed by atoms with Gasteiger partial charge in [0.15, 0.2) is 0 Å². The molecule has 0 amide bonds. The zero-order valence-electron chi connectivity index (χ0n) is 2.94. The molecule has 0 spiro atoms. The summed E-state index contributed by atoms with van der Waals surface area (Å²) in [7, 11) is 0. The fourth-order valence-corrected chi connectivity index (χ4v) is 0. The Bertz CT molecular complexity index is 24.3. The van der Waals surface area contributed by atoms with Crippen molar-refractivity contribution in [3.63, 3.8) is 0 Å². The third-order valence-corrected chi connectivity index (χ3v) is 0. The number of hydrogen-bond donors (Lipinski definition) is 0. The molecular formula is C2H3CuF3. The maximum Gasteiger partial charge on any atom is 0.386 e. The second-order valence-electron chi connectivity index (χ2n) is 0.781. The fourth-order valence-electron chi connectivity index (χ4n) is 0. The van der Waals surface area contributed by atoms with Crippen LogP contribution in [0.25, 0.3) is 0 Å². The van der Waals surface area contributed by atoms with Gasteiger partial charge in [0, 0.05) is 24.0 Å². The van der Waals surface area contributed by atoms with Gasteiger partial charge in [-0.05, 0) is 0 Å². The van der Waals surface area contributed by atoms with Gasteiger partial charge >= 0.3 is 6.18 Å². The van der Waals surface area contributed by atoms with Crippen molar-refractivity contribution in [1.82, 2.24) is 0 Å². The van der Waals surface area contributed by atoms with Crippen LogP contribution in [0, 0.1) is 0 Å². The van der Waals surface area contributed by atoms with Crippen molar-refractivity contribution >= 4 is 0 Å². The molecule has 0 aliphatic carbocycles. The second kappa shape index (κ2) is 2.48. The van der Waals surface area contributed by atoms with E-state index in [1.807, 2.05) is 0 Å². The first kappa shape index (κ1) is 9.58. The normalized spacial score (nSPS) is 10.0. The number of alkyl halides is 3. The Morgan fingerprint density at radius 1 is 1.17 bits per heavy atom. The summed E-state index contributed by atoms with van der Waals surface area (Å²) < 4.78 is 31.1. The van der Waals surface area contributed by atoms with Gasteiger partial charge in [-0.2, -0.15) is 13.2 Å². The van der Waals surface area contributed by atoms with E-state index in [2.05, 4.69) is 0 Å². The molecule has 0 fully saturated rings. The first-order valence-electron chi connectivity index (χ1n) is 1.07. The van der Waals surface area contributed by atoms with Crippen molar-refractivity contribution in [1.29, 1.82) is 0 Å². The van der Waals surface area contributed by atoms with Crippen LogP contribution in [0.3, 0.4) is 0 Å². The molecule has 0 aromatic carbocycles. The molecule has 0 atom stereocenters. The van der Waals surface area contributed by atoms with Crippen molar-refractivity contribution in [2.24, 2.45) is 0 Å². The van der Waals surface area contributed by atoms with E-state index >= 15 is 0 Å². The summed E-state index contributed by atoms with van der Waals surface area (Å²) in [6, 6.07) is 0. The Kier molecular flexibility index (Phi) is 3.95. The molecule has 0 aromatic heterocycles. The van der Waals surface area contributed by atoms with Crippen molar-refractivity contribution in [2.45, 2.75) is 13.1 Å². The summed E-state index contributed by atoms with van der Waals surface area (Å²) in [4.78, 5) is 0. The standard InChI is InChI=1S/C2H3F3.Cu/c1-2(3,4)5;/h1H3;/i2-1;. The van der Waals surface area contributed by atoms with Gasteiger partial charge in [0.25, 0.3) is 0 Å². The van der Waals surface area contributed by atoms with E-state index in [1.165, 1.54) is 0 Å². The average molecular weight is 147 g/mol. The summed E-state index contributed by atoms with van der Waals surface area (Å²) in [5.74, 6) is 0. The van der Waals surface area contributed by atoms with E-state index in [0.717, 1.165) is 0 Å². The average Bonchev–Trinajstić information content (AvgIpc) is 0.722. The van der Waals surface area contributed by atoms with Crippen LogP contribution in [0.5, 0.6) is 0 Å². The molecular weight excluding hydrogens is 144 g/mol. The predicted octanol–water partition coefficient (Wildman–Crippen LogP) is 1.57. The molecule has 0 saturated heterocycles. The van der Waals surface area contributed by atoms with Crippen molar-refractivity contribution in [2.75, 3.05) is 0 Å². The maximum atomic E-state index is 10.4. The summed E-state index contributed by atoms with van der Waals surface area (Å²) in [5, 5.41) is 0. The van der Waals surface area contributed by atoms with Gasteiger partial charge in [0.1, 0.15) is 0 Å². The molecule has 0 heterocycles. The van der Waals surface area contributed by atoms with Crippen LogP contribution in [-0.2, 0) is 17.1 Å².